The summed E-state index contributed by atoms with van der Waals surface area (Å²) in [6.07, 6.45) is 4.92. The van der Waals surface area contributed by atoms with Gasteiger partial charge >= 0.3 is 0 Å². The molecule has 158 valence electrons. The Morgan fingerprint density at radius 1 is 1.13 bits per heavy atom. The van der Waals surface area contributed by atoms with E-state index in [-0.39, 0.29) is 17.4 Å². The molecule has 0 saturated carbocycles. The third-order valence-electron chi connectivity index (χ3n) is 6.61. The number of pyridine rings is 2. The summed E-state index contributed by atoms with van der Waals surface area (Å²) in [5, 5.41) is 0. The average molecular weight is 409 g/mol. The average Bonchev–Trinajstić information content (AvgIpc) is 2.77. The van der Waals surface area contributed by atoms with Gasteiger partial charge in [0.1, 0.15) is 0 Å². The number of hydrogen-bond donors (Lipinski definition) is 0. The van der Waals surface area contributed by atoms with Crippen molar-refractivity contribution in [3.63, 3.8) is 0 Å². The van der Waals surface area contributed by atoms with Crippen LogP contribution in [0.3, 0.4) is 0 Å². The number of ether oxygens (including phenoxy) is 1. The first-order chi connectivity index (χ1) is 14.7. The van der Waals surface area contributed by atoms with Gasteiger partial charge in [0.05, 0.1) is 19.6 Å². The number of piperidine rings is 1. The van der Waals surface area contributed by atoms with E-state index in [0.29, 0.717) is 32.0 Å². The molecule has 0 radical (unpaired) electrons. The van der Waals surface area contributed by atoms with Crippen LogP contribution in [0.5, 0.6) is 0 Å². The molecule has 3 aliphatic rings. The summed E-state index contributed by atoms with van der Waals surface area (Å²) in [6.45, 7) is 6.04. The number of carbonyl (C=O) groups is 1. The Bertz CT molecular complexity index is 968. The van der Waals surface area contributed by atoms with Crippen LogP contribution in [-0.2, 0) is 29.0 Å². The maximum absolute atomic E-state index is 13.2. The standard InChI is InChI=1S/C23H28N4O3/c28-22(11-17-2-1-5-24-12-17)26-13-18-10-20(16-26)21-4-3-19(23(29)27(21)14-18)15-25-6-8-30-9-7-25/h1-5,12,18,20H,6-11,13-16H2/t18-,20+/m0/s1. The van der Waals surface area contributed by atoms with Gasteiger partial charge in [-0.25, -0.2) is 0 Å². The molecule has 2 aromatic rings. The number of morpholine rings is 1. The molecule has 0 unspecified atom stereocenters. The van der Waals surface area contributed by atoms with Gasteiger partial charge in [0.15, 0.2) is 0 Å². The molecule has 0 aliphatic carbocycles. The normalized spacial score (nSPS) is 23.8. The molecule has 30 heavy (non-hydrogen) atoms. The zero-order valence-electron chi connectivity index (χ0n) is 17.2. The second-order valence-electron chi connectivity index (χ2n) is 8.72. The molecular formula is C23H28N4O3. The molecule has 5 rings (SSSR count). The molecule has 1 amide bonds. The number of carbonyl (C=O) groups excluding carboxylic acids is 1. The van der Waals surface area contributed by atoms with E-state index in [1.165, 1.54) is 0 Å². The van der Waals surface area contributed by atoms with Gasteiger partial charge in [-0.1, -0.05) is 12.1 Å². The lowest BCUT2D eigenvalue weighted by Crippen LogP contribution is -2.50. The van der Waals surface area contributed by atoms with Gasteiger partial charge in [-0.2, -0.15) is 0 Å². The first-order valence-electron chi connectivity index (χ1n) is 10.9. The van der Waals surface area contributed by atoms with Crippen LogP contribution in [0.25, 0.3) is 0 Å². The Kier molecular flexibility index (Phi) is 5.39. The van der Waals surface area contributed by atoms with Crippen molar-refractivity contribution in [2.24, 2.45) is 5.92 Å². The smallest absolute Gasteiger partial charge is 0.255 e. The molecule has 5 heterocycles. The SMILES string of the molecule is O=C(Cc1cccnc1)N1C[C@@H]2C[C@H](C1)c1ccc(CN3CCOCC3)c(=O)n1C2. The summed E-state index contributed by atoms with van der Waals surface area (Å²) >= 11 is 0. The minimum Gasteiger partial charge on any atom is -0.379 e. The predicted octanol–water partition coefficient (Wildman–Crippen LogP) is 1.26. The first-order valence-corrected chi connectivity index (χ1v) is 10.9. The first kappa shape index (κ1) is 19.5. The molecule has 7 heteroatoms. The van der Waals surface area contributed by atoms with Crippen molar-refractivity contribution < 1.29 is 9.53 Å². The molecule has 2 atom stereocenters. The van der Waals surface area contributed by atoms with E-state index in [1.807, 2.05) is 27.7 Å². The van der Waals surface area contributed by atoms with Crippen LogP contribution >= 0.6 is 0 Å². The molecule has 0 aromatic carbocycles. The van der Waals surface area contributed by atoms with E-state index >= 15 is 0 Å². The number of likely N-dealkylation sites (tertiary alicyclic amines) is 1. The zero-order chi connectivity index (χ0) is 20.5. The van der Waals surface area contributed by atoms with Gasteiger partial charge in [0, 0.05) is 68.8 Å². The predicted molar refractivity (Wildman–Crippen MR) is 112 cm³/mol. The van der Waals surface area contributed by atoms with E-state index in [2.05, 4.69) is 16.0 Å². The van der Waals surface area contributed by atoms with E-state index in [0.717, 1.165) is 56.1 Å². The van der Waals surface area contributed by atoms with E-state index in [4.69, 9.17) is 4.74 Å². The highest BCUT2D eigenvalue weighted by molar-refractivity contribution is 5.79. The van der Waals surface area contributed by atoms with Crippen LogP contribution in [0.1, 0.15) is 29.2 Å². The fourth-order valence-corrected chi connectivity index (χ4v) is 5.10. The molecule has 2 aromatic heterocycles. The Balaban J connectivity index is 1.32. The summed E-state index contributed by atoms with van der Waals surface area (Å²) in [5.41, 5.74) is 3.04. The van der Waals surface area contributed by atoms with Crippen LogP contribution in [0.2, 0.25) is 0 Å². The molecule has 2 bridgehead atoms. The van der Waals surface area contributed by atoms with Crippen molar-refractivity contribution in [1.82, 2.24) is 19.4 Å². The Hall–Kier alpha value is -2.51. The van der Waals surface area contributed by atoms with Gasteiger partial charge in [0.2, 0.25) is 5.91 Å². The lowest BCUT2D eigenvalue weighted by Gasteiger charge is -2.43. The summed E-state index contributed by atoms with van der Waals surface area (Å²) in [7, 11) is 0. The van der Waals surface area contributed by atoms with Gasteiger partial charge in [0.25, 0.3) is 5.56 Å². The Morgan fingerprint density at radius 3 is 2.80 bits per heavy atom. The number of fused-ring (bicyclic) bond motifs is 4. The van der Waals surface area contributed by atoms with Crippen LogP contribution < -0.4 is 5.56 Å². The van der Waals surface area contributed by atoms with Crippen LogP contribution in [0.15, 0.2) is 41.5 Å². The molecule has 7 nitrogen and oxygen atoms in total. The lowest BCUT2D eigenvalue weighted by molar-refractivity contribution is -0.133. The number of nitrogens with zero attached hydrogens (tertiary/aromatic N) is 4. The van der Waals surface area contributed by atoms with Crippen molar-refractivity contribution in [3.05, 3.63) is 63.8 Å². The van der Waals surface area contributed by atoms with E-state index in [1.54, 1.807) is 12.4 Å². The zero-order valence-corrected chi connectivity index (χ0v) is 17.2. The second-order valence-corrected chi connectivity index (χ2v) is 8.72. The highest BCUT2D eigenvalue weighted by Gasteiger charge is 2.36. The van der Waals surface area contributed by atoms with Crippen molar-refractivity contribution in [2.75, 3.05) is 39.4 Å². The molecule has 0 N–H and O–H groups in total. The number of aromatic nitrogens is 2. The molecule has 3 aliphatic heterocycles. The quantitative estimate of drug-likeness (QED) is 0.762. The van der Waals surface area contributed by atoms with Crippen LogP contribution in [-0.4, -0.2) is 64.7 Å². The third-order valence-corrected chi connectivity index (χ3v) is 6.61. The monoisotopic (exact) mass is 408 g/mol. The largest absolute Gasteiger partial charge is 0.379 e. The Labute approximate surface area is 176 Å². The molecular weight excluding hydrogens is 380 g/mol. The van der Waals surface area contributed by atoms with E-state index < -0.39 is 0 Å². The van der Waals surface area contributed by atoms with Crippen molar-refractivity contribution >= 4 is 5.91 Å². The highest BCUT2D eigenvalue weighted by atomic mass is 16.5. The summed E-state index contributed by atoms with van der Waals surface area (Å²) < 4.78 is 7.40. The molecule has 0 spiro atoms. The number of amides is 1. The third kappa shape index (κ3) is 3.91. The topological polar surface area (TPSA) is 67.7 Å². The van der Waals surface area contributed by atoms with Crippen LogP contribution in [0, 0.1) is 5.92 Å². The maximum atomic E-state index is 13.2. The van der Waals surface area contributed by atoms with Crippen molar-refractivity contribution in [1.29, 1.82) is 0 Å². The molecule has 2 fully saturated rings. The van der Waals surface area contributed by atoms with Crippen LogP contribution in [0.4, 0.5) is 0 Å². The lowest BCUT2D eigenvalue weighted by atomic mass is 9.82. The molecule has 2 saturated heterocycles. The van der Waals surface area contributed by atoms with Gasteiger partial charge in [-0.05, 0) is 30.0 Å². The van der Waals surface area contributed by atoms with Gasteiger partial charge < -0.3 is 14.2 Å². The maximum Gasteiger partial charge on any atom is 0.255 e. The Morgan fingerprint density at radius 2 is 2.00 bits per heavy atom. The van der Waals surface area contributed by atoms with Gasteiger partial charge in [-0.3, -0.25) is 19.5 Å². The minimum absolute atomic E-state index is 0.142. The number of rotatable bonds is 4. The number of hydrogen-bond acceptors (Lipinski definition) is 5. The van der Waals surface area contributed by atoms with Crippen molar-refractivity contribution in [3.8, 4) is 0 Å². The second kappa shape index (κ2) is 8.32. The van der Waals surface area contributed by atoms with Gasteiger partial charge in [-0.15, -0.1) is 0 Å². The summed E-state index contributed by atoms with van der Waals surface area (Å²) in [4.78, 5) is 34.4. The highest BCUT2D eigenvalue weighted by Crippen LogP contribution is 2.35. The summed E-state index contributed by atoms with van der Waals surface area (Å²) in [6, 6.07) is 7.93. The fraction of sp³-hybridized carbons (Fsp3) is 0.522. The fourth-order valence-electron chi connectivity index (χ4n) is 5.10. The van der Waals surface area contributed by atoms with E-state index in [9.17, 15) is 9.59 Å². The summed E-state index contributed by atoms with van der Waals surface area (Å²) in [5.74, 6) is 0.725. The minimum atomic E-state index is 0.142. The van der Waals surface area contributed by atoms with Crippen molar-refractivity contribution in [2.45, 2.75) is 31.8 Å².